The standard InChI is InChI=1S/C11H15N5O2/c1-12-7-11-13-14-15-16(11)9-5-4-8(17-2)6-10(9)18-3/h4-6,12H,7H2,1-3H3. The molecule has 7 nitrogen and oxygen atoms in total. The number of benzene rings is 1. The van der Waals surface area contributed by atoms with Crippen LogP contribution >= 0.6 is 0 Å². The molecule has 1 aromatic carbocycles. The van der Waals surface area contributed by atoms with Crippen LogP contribution in [0.15, 0.2) is 18.2 Å². The van der Waals surface area contributed by atoms with Crippen LogP contribution < -0.4 is 14.8 Å². The molecular weight excluding hydrogens is 234 g/mol. The minimum atomic E-state index is 0.572. The number of nitrogens with zero attached hydrogens (tertiary/aromatic N) is 4. The Kier molecular flexibility index (Phi) is 3.73. The maximum absolute atomic E-state index is 5.33. The van der Waals surface area contributed by atoms with Crippen molar-refractivity contribution in [3.63, 3.8) is 0 Å². The highest BCUT2D eigenvalue weighted by Crippen LogP contribution is 2.27. The van der Waals surface area contributed by atoms with Crippen molar-refractivity contribution in [2.45, 2.75) is 6.54 Å². The molecule has 0 saturated carbocycles. The maximum atomic E-state index is 5.33. The predicted octanol–water partition coefficient (Wildman–Crippen LogP) is 0.399. The Labute approximate surface area is 105 Å². The predicted molar refractivity (Wildman–Crippen MR) is 65.0 cm³/mol. The highest BCUT2D eigenvalue weighted by molar-refractivity contribution is 5.50. The number of ether oxygens (including phenoxy) is 2. The van der Waals surface area contributed by atoms with Crippen molar-refractivity contribution >= 4 is 0 Å². The fourth-order valence-corrected chi connectivity index (χ4v) is 1.62. The third-order valence-electron chi connectivity index (χ3n) is 2.48. The topological polar surface area (TPSA) is 74.1 Å². The summed E-state index contributed by atoms with van der Waals surface area (Å²) >= 11 is 0. The average Bonchev–Trinajstić information content (AvgIpc) is 2.86. The minimum Gasteiger partial charge on any atom is -0.497 e. The normalized spacial score (nSPS) is 10.4. The number of methoxy groups -OCH3 is 2. The second-order valence-electron chi connectivity index (χ2n) is 3.58. The van der Waals surface area contributed by atoms with Gasteiger partial charge in [0.05, 0.1) is 20.8 Å². The highest BCUT2D eigenvalue weighted by atomic mass is 16.5. The van der Waals surface area contributed by atoms with Crippen LogP contribution in [0.3, 0.4) is 0 Å². The van der Waals surface area contributed by atoms with E-state index in [0.29, 0.717) is 18.1 Å². The van der Waals surface area contributed by atoms with E-state index in [1.165, 1.54) is 0 Å². The van der Waals surface area contributed by atoms with Crippen LogP contribution in [-0.2, 0) is 6.54 Å². The number of hydrogen-bond acceptors (Lipinski definition) is 6. The van der Waals surface area contributed by atoms with Gasteiger partial charge >= 0.3 is 0 Å². The molecule has 0 amide bonds. The Hall–Kier alpha value is -2.15. The third kappa shape index (κ3) is 2.25. The van der Waals surface area contributed by atoms with Gasteiger partial charge in [-0.2, -0.15) is 4.68 Å². The van der Waals surface area contributed by atoms with Crippen molar-refractivity contribution in [1.29, 1.82) is 0 Å². The summed E-state index contributed by atoms with van der Waals surface area (Å²) in [7, 11) is 5.04. The van der Waals surface area contributed by atoms with Gasteiger partial charge in [-0.25, -0.2) is 0 Å². The number of aromatic nitrogens is 4. The lowest BCUT2D eigenvalue weighted by Gasteiger charge is -2.10. The molecule has 0 bridgehead atoms. The second kappa shape index (κ2) is 5.46. The first-order valence-corrected chi connectivity index (χ1v) is 5.44. The molecule has 96 valence electrons. The Morgan fingerprint density at radius 1 is 1.28 bits per heavy atom. The molecular formula is C11H15N5O2. The molecule has 0 aliphatic heterocycles. The van der Waals surface area contributed by atoms with Gasteiger partial charge in [0.1, 0.15) is 17.2 Å². The zero-order valence-corrected chi connectivity index (χ0v) is 10.5. The second-order valence-corrected chi connectivity index (χ2v) is 3.58. The van der Waals surface area contributed by atoms with E-state index in [-0.39, 0.29) is 0 Å². The Bertz CT molecular complexity index is 526. The summed E-state index contributed by atoms with van der Waals surface area (Å²) in [5.74, 6) is 2.08. The first kappa shape index (κ1) is 12.3. The molecule has 1 heterocycles. The molecule has 0 aliphatic rings. The third-order valence-corrected chi connectivity index (χ3v) is 2.48. The lowest BCUT2D eigenvalue weighted by molar-refractivity contribution is 0.392. The first-order valence-electron chi connectivity index (χ1n) is 5.44. The van der Waals surface area contributed by atoms with E-state index >= 15 is 0 Å². The molecule has 0 fully saturated rings. The van der Waals surface area contributed by atoms with Crippen LogP contribution in [0.2, 0.25) is 0 Å². The molecule has 1 N–H and O–H groups in total. The van der Waals surface area contributed by atoms with Gasteiger partial charge in [0.25, 0.3) is 0 Å². The summed E-state index contributed by atoms with van der Waals surface area (Å²) in [6.07, 6.45) is 0. The zero-order chi connectivity index (χ0) is 13.0. The molecule has 0 aliphatic carbocycles. The van der Waals surface area contributed by atoms with Gasteiger partial charge in [0.15, 0.2) is 5.82 Å². The summed E-state index contributed by atoms with van der Waals surface area (Å²) < 4.78 is 12.1. The van der Waals surface area contributed by atoms with E-state index < -0.39 is 0 Å². The van der Waals surface area contributed by atoms with Crippen molar-refractivity contribution in [2.75, 3.05) is 21.3 Å². The first-order chi connectivity index (χ1) is 8.80. The van der Waals surface area contributed by atoms with Crippen molar-refractivity contribution < 1.29 is 9.47 Å². The van der Waals surface area contributed by atoms with Crippen molar-refractivity contribution in [3.8, 4) is 17.2 Å². The fraction of sp³-hybridized carbons (Fsp3) is 0.364. The number of rotatable bonds is 5. The number of hydrogen-bond donors (Lipinski definition) is 1. The summed E-state index contributed by atoms with van der Waals surface area (Å²) in [5.41, 5.74) is 0.772. The van der Waals surface area contributed by atoms with Crippen LogP contribution in [-0.4, -0.2) is 41.5 Å². The summed E-state index contributed by atoms with van der Waals surface area (Å²) in [4.78, 5) is 0. The van der Waals surface area contributed by atoms with E-state index in [1.54, 1.807) is 25.0 Å². The van der Waals surface area contributed by atoms with Crippen LogP contribution in [0.1, 0.15) is 5.82 Å². The smallest absolute Gasteiger partial charge is 0.170 e. The summed E-state index contributed by atoms with van der Waals surface area (Å²) in [6.45, 7) is 0.572. The molecule has 7 heteroatoms. The van der Waals surface area contributed by atoms with Crippen LogP contribution in [0.4, 0.5) is 0 Å². The van der Waals surface area contributed by atoms with Gasteiger partial charge < -0.3 is 14.8 Å². The molecule has 2 aromatic rings. The van der Waals surface area contributed by atoms with Gasteiger partial charge in [-0.05, 0) is 29.6 Å². The lowest BCUT2D eigenvalue weighted by atomic mass is 10.2. The van der Waals surface area contributed by atoms with Crippen molar-refractivity contribution in [1.82, 2.24) is 25.5 Å². The largest absolute Gasteiger partial charge is 0.497 e. The monoisotopic (exact) mass is 249 g/mol. The Balaban J connectivity index is 2.46. The van der Waals surface area contributed by atoms with Gasteiger partial charge in [0, 0.05) is 6.07 Å². The lowest BCUT2D eigenvalue weighted by Crippen LogP contribution is -2.12. The Morgan fingerprint density at radius 3 is 2.78 bits per heavy atom. The number of nitrogens with one attached hydrogen (secondary N) is 1. The van der Waals surface area contributed by atoms with E-state index in [2.05, 4.69) is 20.8 Å². The highest BCUT2D eigenvalue weighted by Gasteiger charge is 2.12. The van der Waals surface area contributed by atoms with Crippen molar-refractivity contribution in [3.05, 3.63) is 24.0 Å². The SMILES string of the molecule is CNCc1nnnn1-c1ccc(OC)cc1OC. The molecule has 0 saturated heterocycles. The summed E-state index contributed by atoms with van der Waals surface area (Å²) in [6, 6.07) is 5.48. The molecule has 0 spiro atoms. The molecule has 0 unspecified atom stereocenters. The molecule has 18 heavy (non-hydrogen) atoms. The van der Waals surface area contributed by atoms with Crippen LogP contribution in [0.5, 0.6) is 11.5 Å². The zero-order valence-electron chi connectivity index (χ0n) is 10.5. The maximum Gasteiger partial charge on any atom is 0.170 e. The fourth-order valence-electron chi connectivity index (χ4n) is 1.62. The Morgan fingerprint density at radius 2 is 2.11 bits per heavy atom. The van der Waals surface area contributed by atoms with E-state index in [4.69, 9.17) is 9.47 Å². The van der Waals surface area contributed by atoms with Crippen molar-refractivity contribution in [2.24, 2.45) is 0 Å². The molecule has 2 rings (SSSR count). The molecule has 1 aromatic heterocycles. The minimum absolute atomic E-state index is 0.572. The molecule has 0 radical (unpaired) electrons. The van der Waals surface area contributed by atoms with Crippen LogP contribution in [0.25, 0.3) is 5.69 Å². The average molecular weight is 249 g/mol. The van der Waals surface area contributed by atoms with E-state index in [9.17, 15) is 0 Å². The summed E-state index contributed by atoms with van der Waals surface area (Å²) in [5, 5.41) is 14.6. The van der Waals surface area contributed by atoms with Crippen LogP contribution in [0, 0.1) is 0 Å². The van der Waals surface area contributed by atoms with Gasteiger partial charge in [-0.15, -0.1) is 5.10 Å². The van der Waals surface area contributed by atoms with E-state index in [1.807, 2.05) is 19.2 Å². The van der Waals surface area contributed by atoms with E-state index in [0.717, 1.165) is 11.4 Å². The molecule has 0 atom stereocenters. The quantitative estimate of drug-likeness (QED) is 0.826. The van der Waals surface area contributed by atoms with Gasteiger partial charge in [-0.3, -0.25) is 0 Å². The van der Waals surface area contributed by atoms with Gasteiger partial charge in [0.2, 0.25) is 0 Å². The van der Waals surface area contributed by atoms with Gasteiger partial charge in [-0.1, -0.05) is 0 Å². The number of tetrazole rings is 1.